The minimum Gasteiger partial charge on any atom is -0.496 e. The first-order valence-electron chi connectivity index (χ1n) is 3.80. The van der Waals surface area contributed by atoms with E-state index in [1.54, 1.807) is 7.11 Å². The first-order chi connectivity index (χ1) is 5.81. The van der Waals surface area contributed by atoms with Gasteiger partial charge in [0, 0.05) is 12.0 Å². The Kier molecular flexibility index (Phi) is 1.97. The van der Waals surface area contributed by atoms with Crippen LogP contribution >= 0.6 is 15.9 Å². The minimum absolute atomic E-state index is 0.787. The molecular formula is C9H9BrO2. The molecule has 1 aliphatic heterocycles. The molecule has 64 valence electrons. The second-order valence-electron chi connectivity index (χ2n) is 2.69. The summed E-state index contributed by atoms with van der Waals surface area (Å²) in [6.45, 7) is 0.787. The van der Waals surface area contributed by atoms with Gasteiger partial charge in [-0.25, -0.2) is 0 Å². The second kappa shape index (κ2) is 2.98. The lowest BCUT2D eigenvalue weighted by Crippen LogP contribution is -1.86. The van der Waals surface area contributed by atoms with E-state index in [2.05, 4.69) is 15.9 Å². The van der Waals surface area contributed by atoms with Gasteiger partial charge in [-0.05, 0) is 28.1 Å². The Morgan fingerprint density at radius 1 is 1.50 bits per heavy atom. The zero-order chi connectivity index (χ0) is 8.55. The number of benzene rings is 1. The average Bonchev–Trinajstić information content (AvgIpc) is 2.49. The van der Waals surface area contributed by atoms with Gasteiger partial charge >= 0.3 is 0 Å². The summed E-state index contributed by atoms with van der Waals surface area (Å²) in [6, 6.07) is 3.98. The largest absolute Gasteiger partial charge is 0.496 e. The number of fused-ring (bicyclic) bond motifs is 1. The number of ether oxygens (including phenoxy) is 2. The molecule has 0 bridgehead atoms. The number of hydrogen-bond donors (Lipinski definition) is 0. The highest BCUT2D eigenvalue weighted by molar-refractivity contribution is 9.10. The van der Waals surface area contributed by atoms with E-state index in [0.717, 1.165) is 29.0 Å². The Balaban J connectivity index is 2.49. The third kappa shape index (κ3) is 1.18. The molecule has 0 saturated carbocycles. The summed E-state index contributed by atoms with van der Waals surface area (Å²) < 4.78 is 11.5. The summed E-state index contributed by atoms with van der Waals surface area (Å²) in [5, 5.41) is 0. The van der Waals surface area contributed by atoms with Crippen LogP contribution in [0.25, 0.3) is 0 Å². The smallest absolute Gasteiger partial charge is 0.133 e. The van der Waals surface area contributed by atoms with Gasteiger partial charge in [0.05, 0.1) is 18.2 Å². The van der Waals surface area contributed by atoms with E-state index in [4.69, 9.17) is 9.47 Å². The molecule has 0 aliphatic carbocycles. The summed E-state index contributed by atoms with van der Waals surface area (Å²) in [4.78, 5) is 0. The maximum absolute atomic E-state index is 5.39. The van der Waals surface area contributed by atoms with Crippen LogP contribution in [0.5, 0.6) is 11.5 Å². The number of rotatable bonds is 1. The van der Waals surface area contributed by atoms with Crippen molar-refractivity contribution in [1.29, 1.82) is 0 Å². The van der Waals surface area contributed by atoms with Crippen LogP contribution in [0.4, 0.5) is 0 Å². The monoisotopic (exact) mass is 228 g/mol. The minimum atomic E-state index is 0.787. The SMILES string of the molecule is COc1cc2c(cc1Br)OCC2. The van der Waals surface area contributed by atoms with Crippen LogP contribution in [-0.4, -0.2) is 13.7 Å². The lowest BCUT2D eigenvalue weighted by atomic mass is 10.2. The van der Waals surface area contributed by atoms with E-state index in [9.17, 15) is 0 Å². The van der Waals surface area contributed by atoms with Crippen molar-refractivity contribution in [2.75, 3.05) is 13.7 Å². The number of hydrogen-bond acceptors (Lipinski definition) is 2. The first kappa shape index (κ1) is 7.92. The number of methoxy groups -OCH3 is 1. The Bertz CT molecular complexity index is 309. The maximum atomic E-state index is 5.39. The molecule has 12 heavy (non-hydrogen) atoms. The molecule has 0 fully saturated rings. The predicted molar refractivity (Wildman–Crippen MR) is 49.9 cm³/mol. The Morgan fingerprint density at radius 3 is 3.08 bits per heavy atom. The molecule has 0 spiro atoms. The summed E-state index contributed by atoms with van der Waals surface area (Å²) in [6.07, 6.45) is 0.985. The molecule has 0 atom stereocenters. The Labute approximate surface area is 79.6 Å². The zero-order valence-electron chi connectivity index (χ0n) is 6.76. The zero-order valence-corrected chi connectivity index (χ0v) is 8.35. The highest BCUT2D eigenvalue weighted by Crippen LogP contribution is 2.35. The van der Waals surface area contributed by atoms with E-state index in [1.165, 1.54) is 5.56 Å². The third-order valence-corrected chi connectivity index (χ3v) is 2.58. The van der Waals surface area contributed by atoms with Gasteiger partial charge in [0.1, 0.15) is 11.5 Å². The quantitative estimate of drug-likeness (QED) is 0.736. The Morgan fingerprint density at radius 2 is 2.33 bits per heavy atom. The lowest BCUT2D eigenvalue weighted by molar-refractivity contribution is 0.356. The Hall–Kier alpha value is -0.700. The third-order valence-electron chi connectivity index (χ3n) is 1.96. The van der Waals surface area contributed by atoms with Crippen molar-refractivity contribution in [3.8, 4) is 11.5 Å². The summed E-state index contributed by atoms with van der Waals surface area (Å²) in [7, 11) is 1.67. The molecule has 0 saturated heterocycles. The van der Waals surface area contributed by atoms with Crippen LogP contribution in [0.3, 0.4) is 0 Å². The molecular weight excluding hydrogens is 220 g/mol. The van der Waals surface area contributed by atoms with Gasteiger partial charge in [-0.3, -0.25) is 0 Å². The molecule has 1 aromatic carbocycles. The van der Waals surface area contributed by atoms with E-state index < -0.39 is 0 Å². The molecule has 1 aromatic rings. The second-order valence-corrected chi connectivity index (χ2v) is 3.55. The van der Waals surface area contributed by atoms with Crippen LogP contribution in [0, 0.1) is 0 Å². The van der Waals surface area contributed by atoms with Crippen LogP contribution in [0.2, 0.25) is 0 Å². The van der Waals surface area contributed by atoms with Gasteiger partial charge in [0.2, 0.25) is 0 Å². The van der Waals surface area contributed by atoms with E-state index in [1.807, 2.05) is 12.1 Å². The number of halogens is 1. The lowest BCUT2D eigenvalue weighted by Gasteiger charge is -2.05. The molecule has 0 radical (unpaired) electrons. The van der Waals surface area contributed by atoms with Gasteiger partial charge in [-0.15, -0.1) is 0 Å². The van der Waals surface area contributed by atoms with Crippen molar-refractivity contribution in [3.63, 3.8) is 0 Å². The standard InChI is InChI=1S/C9H9BrO2/c1-11-9-4-6-2-3-12-8(6)5-7(9)10/h4-5H,2-3H2,1H3. The highest BCUT2D eigenvalue weighted by Gasteiger charge is 2.14. The van der Waals surface area contributed by atoms with Crippen molar-refractivity contribution >= 4 is 15.9 Å². The van der Waals surface area contributed by atoms with E-state index in [-0.39, 0.29) is 0 Å². The van der Waals surface area contributed by atoms with Crippen molar-refractivity contribution in [2.24, 2.45) is 0 Å². The first-order valence-corrected chi connectivity index (χ1v) is 4.60. The fraction of sp³-hybridized carbons (Fsp3) is 0.333. The normalized spacial score (nSPS) is 13.8. The fourth-order valence-corrected chi connectivity index (χ4v) is 1.82. The van der Waals surface area contributed by atoms with E-state index in [0.29, 0.717) is 0 Å². The van der Waals surface area contributed by atoms with Gasteiger partial charge in [0.25, 0.3) is 0 Å². The summed E-state index contributed by atoms with van der Waals surface area (Å²) >= 11 is 3.41. The highest BCUT2D eigenvalue weighted by atomic mass is 79.9. The van der Waals surface area contributed by atoms with Crippen molar-refractivity contribution in [2.45, 2.75) is 6.42 Å². The molecule has 1 aliphatic rings. The van der Waals surface area contributed by atoms with Gasteiger partial charge in [-0.1, -0.05) is 0 Å². The van der Waals surface area contributed by atoms with Crippen molar-refractivity contribution in [3.05, 3.63) is 22.2 Å². The average molecular weight is 229 g/mol. The van der Waals surface area contributed by atoms with Crippen LogP contribution in [0.15, 0.2) is 16.6 Å². The van der Waals surface area contributed by atoms with Crippen molar-refractivity contribution in [1.82, 2.24) is 0 Å². The van der Waals surface area contributed by atoms with Gasteiger partial charge in [-0.2, -0.15) is 0 Å². The molecule has 2 rings (SSSR count). The topological polar surface area (TPSA) is 18.5 Å². The van der Waals surface area contributed by atoms with E-state index >= 15 is 0 Å². The van der Waals surface area contributed by atoms with Crippen LogP contribution in [-0.2, 0) is 6.42 Å². The maximum Gasteiger partial charge on any atom is 0.133 e. The van der Waals surface area contributed by atoms with Gasteiger partial charge in [0.15, 0.2) is 0 Å². The molecule has 0 N–H and O–H groups in total. The molecule has 0 unspecified atom stereocenters. The van der Waals surface area contributed by atoms with Crippen LogP contribution < -0.4 is 9.47 Å². The van der Waals surface area contributed by atoms with Crippen molar-refractivity contribution < 1.29 is 9.47 Å². The predicted octanol–water partition coefficient (Wildman–Crippen LogP) is 2.39. The summed E-state index contributed by atoms with van der Waals surface area (Å²) in [5.41, 5.74) is 1.23. The molecule has 0 amide bonds. The molecule has 2 nitrogen and oxygen atoms in total. The van der Waals surface area contributed by atoms with Crippen LogP contribution in [0.1, 0.15) is 5.56 Å². The van der Waals surface area contributed by atoms with Gasteiger partial charge < -0.3 is 9.47 Å². The molecule has 1 heterocycles. The molecule has 0 aromatic heterocycles. The summed E-state index contributed by atoms with van der Waals surface area (Å²) in [5.74, 6) is 1.85. The fourth-order valence-electron chi connectivity index (χ4n) is 1.33. The molecule has 3 heteroatoms.